The monoisotopic (exact) mass is 674 g/mol. The molecule has 7 rings (SSSR count). The molecule has 45 heavy (non-hydrogen) atoms. The largest absolute Gasteiger partial charge is 0.502 e. The maximum atomic E-state index is 14.2. The molecule has 2 fully saturated rings. The number of aromatic hydroxyl groups is 1. The zero-order valence-electron chi connectivity index (χ0n) is 24.7. The number of Topliss-reactive ketones (excluding diaryl/α,β-unsaturated/α-hetero) is 1. The molecule has 0 aromatic heterocycles. The Morgan fingerprint density at radius 3 is 2.20 bits per heavy atom. The average Bonchev–Trinajstić information content (AvgIpc) is 3.32. The smallest absolute Gasteiger partial charge is 0.238 e. The van der Waals surface area contributed by atoms with Gasteiger partial charge in [0.2, 0.25) is 17.6 Å². The van der Waals surface area contributed by atoms with Gasteiger partial charge >= 0.3 is 0 Å². The van der Waals surface area contributed by atoms with E-state index in [0.29, 0.717) is 42.0 Å². The van der Waals surface area contributed by atoms with Crippen molar-refractivity contribution in [2.75, 3.05) is 50.3 Å². The van der Waals surface area contributed by atoms with Gasteiger partial charge < -0.3 is 24.2 Å². The van der Waals surface area contributed by atoms with Crippen molar-refractivity contribution in [3.05, 3.63) is 75.3 Å². The van der Waals surface area contributed by atoms with Gasteiger partial charge in [0.25, 0.3) is 0 Å². The Kier molecular flexibility index (Phi) is 7.40. The second-order valence-electron chi connectivity index (χ2n) is 11.8. The van der Waals surface area contributed by atoms with Crippen molar-refractivity contribution in [1.29, 1.82) is 0 Å². The molecule has 2 amide bonds. The van der Waals surface area contributed by atoms with Crippen LogP contribution in [-0.4, -0.2) is 69.0 Å². The summed E-state index contributed by atoms with van der Waals surface area (Å²) in [6.45, 7) is 2.83. The molecule has 2 aromatic rings. The number of hydrogen-bond acceptors (Lipinski definition) is 9. The van der Waals surface area contributed by atoms with Crippen LogP contribution in [0.4, 0.5) is 11.4 Å². The van der Waals surface area contributed by atoms with Crippen LogP contribution in [0.1, 0.15) is 24.3 Å². The van der Waals surface area contributed by atoms with Gasteiger partial charge in [-0.2, -0.15) is 0 Å². The highest BCUT2D eigenvalue weighted by Crippen LogP contribution is 2.56. The Bertz CT molecular complexity index is 1710. The van der Waals surface area contributed by atoms with Crippen LogP contribution in [0.2, 0.25) is 0 Å². The van der Waals surface area contributed by atoms with Crippen molar-refractivity contribution >= 4 is 50.7 Å². The molecule has 1 N–H and O–H groups in total. The predicted molar refractivity (Wildman–Crippen MR) is 168 cm³/mol. The summed E-state index contributed by atoms with van der Waals surface area (Å²) in [7, 11) is 2.83. The highest BCUT2D eigenvalue weighted by molar-refractivity contribution is 9.12. The number of nitrogens with zero attached hydrogens (tertiary/aromatic N) is 2. The maximum Gasteiger partial charge on any atom is 0.238 e. The van der Waals surface area contributed by atoms with Crippen molar-refractivity contribution in [2.45, 2.75) is 18.8 Å². The average molecular weight is 676 g/mol. The number of allylic oxidation sites excluding steroid dienone is 6. The van der Waals surface area contributed by atoms with Gasteiger partial charge in [0.05, 0.1) is 49.4 Å². The maximum absolute atomic E-state index is 14.2. The number of hydrogen-bond donors (Lipinski definition) is 1. The van der Waals surface area contributed by atoms with Crippen LogP contribution in [0.5, 0.6) is 17.2 Å². The quantitative estimate of drug-likeness (QED) is 0.282. The first-order chi connectivity index (χ1) is 21.7. The molecule has 2 aliphatic heterocycles. The number of methoxy groups -OCH3 is 2. The second-order valence-corrected chi connectivity index (χ2v) is 12.6. The first kappa shape index (κ1) is 29.5. The number of halogens is 1. The minimum Gasteiger partial charge on any atom is -0.502 e. The van der Waals surface area contributed by atoms with Gasteiger partial charge in [0, 0.05) is 41.9 Å². The van der Waals surface area contributed by atoms with E-state index in [1.54, 1.807) is 24.3 Å². The topological polar surface area (TPSA) is 123 Å². The molecule has 3 aliphatic carbocycles. The molecule has 0 bridgehead atoms. The Morgan fingerprint density at radius 1 is 0.911 bits per heavy atom. The second kappa shape index (κ2) is 11.3. The molecule has 2 aromatic carbocycles. The Balaban J connectivity index is 1.29. The fourth-order valence-electron chi connectivity index (χ4n) is 7.56. The minimum absolute atomic E-state index is 0.146. The molecular formula is C34H31BrN2O8. The summed E-state index contributed by atoms with van der Waals surface area (Å²) in [5.41, 5.74) is 3.52. The molecular weight excluding hydrogens is 644 g/mol. The zero-order chi connectivity index (χ0) is 31.6. The lowest BCUT2D eigenvalue weighted by atomic mass is 9.59. The molecule has 2 saturated heterocycles. The standard InChI is InChI=1S/C34H31BrN2O8/c1-43-26-13-17(14-27(44-2)32(26)40)28-20-7-8-21-29(22(20)15-23-30(28)25(38)16-24(35)31(23)39)34(42)37(33(21)41)19-5-3-18(4-6-19)36-9-11-45-12-10-36/h3-7,13-14,16,21-22,28-29,40H,8-12,15H2,1-2H3/t21-,22+,28-,29-/m0/s1. The number of imide groups is 1. The van der Waals surface area contributed by atoms with Crippen LogP contribution in [0.3, 0.4) is 0 Å². The van der Waals surface area contributed by atoms with E-state index in [4.69, 9.17) is 14.2 Å². The number of carbonyl (C=O) groups excluding carboxylic acids is 4. The number of ether oxygens (including phenoxy) is 3. The number of phenols is 1. The predicted octanol–water partition coefficient (Wildman–Crippen LogP) is 4.21. The van der Waals surface area contributed by atoms with Crippen LogP contribution in [0, 0.1) is 17.8 Å². The lowest BCUT2D eigenvalue weighted by molar-refractivity contribution is -0.123. The van der Waals surface area contributed by atoms with E-state index in [1.165, 1.54) is 25.2 Å². The molecule has 5 aliphatic rings. The number of benzene rings is 2. The third-order valence-electron chi connectivity index (χ3n) is 9.65. The van der Waals surface area contributed by atoms with E-state index < -0.39 is 23.7 Å². The van der Waals surface area contributed by atoms with Gasteiger partial charge in [-0.05, 0) is 76.7 Å². The summed E-state index contributed by atoms with van der Waals surface area (Å²) in [5, 5.41) is 10.6. The molecule has 0 radical (unpaired) electrons. The number of rotatable bonds is 5. The molecule has 2 heterocycles. The highest BCUT2D eigenvalue weighted by Gasteiger charge is 2.56. The van der Waals surface area contributed by atoms with Gasteiger partial charge in [-0.25, -0.2) is 0 Å². The number of anilines is 2. The van der Waals surface area contributed by atoms with Crippen LogP contribution < -0.4 is 19.3 Å². The Hall–Kier alpha value is -4.22. The highest BCUT2D eigenvalue weighted by atomic mass is 79.9. The van der Waals surface area contributed by atoms with Crippen molar-refractivity contribution in [3.8, 4) is 17.2 Å². The van der Waals surface area contributed by atoms with E-state index in [0.717, 1.165) is 24.4 Å². The van der Waals surface area contributed by atoms with Gasteiger partial charge in [-0.1, -0.05) is 11.6 Å². The molecule has 232 valence electrons. The summed E-state index contributed by atoms with van der Waals surface area (Å²) in [6.07, 6.45) is 3.70. The molecule has 11 heteroatoms. The third kappa shape index (κ3) is 4.63. The number of morpholine rings is 1. The van der Waals surface area contributed by atoms with Crippen LogP contribution in [-0.2, 0) is 23.9 Å². The van der Waals surface area contributed by atoms with Crippen LogP contribution >= 0.6 is 15.9 Å². The molecule has 0 spiro atoms. The number of phenolic OH excluding ortho intramolecular Hbond substituents is 1. The van der Waals surface area contributed by atoms with Crippen molar-refractivity contribution in [1.82, 2.24) is 0 Å². The Morgan fingerprint density at radius 2 is 1.56 bits per heavy atom. The summed E-state index contributed by atoms with van der Waals surface area (Å²) in [6, 6.07) is 10.7. The van der Waals surface area contributed by atoms with E-state index in [1.807, 2.05) is 18.2 Å². The number of amides is 2. The SMILES string of the molecule is COc1cc([C@H]2C3=CC[C@@H]4C(=O)N(c5ccc(N6CCOCC6)cc5)C(=O)[C@@H]4[C@@H]3CC3=C2C(=O)C=C(Br)C3=O)cc(OC)c1O. The fraction of sp³-hybridized carbons (Fsp3) is 0.353. The number of carbonyl (C=O) groups is 4. The summed E-state index contributed by atoms with van der Waals surface area (Å²) in [5.74, 6) is -3.62. The molecule has 4 atom stereocenters. The summed E-state index contributed by atoms with van der Waals surface area (Å²) < 4.78 is 16.4. The van der Waals surface area contributed by atoms with Crippen LogP contribution in [0.15, 0.2) is 69.8 Å². The number of ketones is 2. The van der Waals surface area contributed by atoms with E-state index >= 15 is 0 Å². The van der Waals surface area contributed by atoms with E-state index in [2.05, 4.69) is 20.8 Å². The first-order valence-corrected chi connectivity index (χ1v) is 15.7. The van der Waals surface area contributed by atoms with E-state index in [-0.39, 0.29) is 51.5 Å². The fourth-order valence-corrected chi connectivity index (χ4v) is 8.00. The summed E-state index contributed by atoms with van der Waals surface area (Å²) >= 11 is 3.26. The third-order valence-corrected chi connectivity index (χ3v) is 10.2. The van der Waals surface area contributed by atoms with E-state index in [9.17, 15) is 24.3 Å². The van der Waals surface area contributed by atoms with Crippen molar-refractivity contribution in [2.24, 2.45) is 17.8 Å². The van der Waals surface area contributed by atoms with Gasteiger partial charge in [-0.3, -0.25) is 24.1 Å². The summed E-state index contributed by atoms with van der Waals surface area (Å²) in [4.78, 5) is 58.7. The van der Waals surface area contributed by atoms with Crippen molar-refractivity contribution in [3.63, 3.8) is 0 Å². The Labute approximate surface area is 268 Å². The lowest BCUT2D eigenvalue weighted by Crippen LogP contribution is -2.39. The van der Waals surface area contributed by atoms with Gasteiger partial charge in [0.15, 0.2) is 23.1 Å². The van der Waals surface area contributed by atoms with Crippen LogP contribution in [0.25, 0.3) is 0 Å². The molecule has 0 unspecified atom stereocenters. The molecule has 10 nitrogen and oxygen atoms in total. The number of fused-ring (bicyclic) bond motifs is 3. The van der Waals surface area contributed by atoms with Gasteiger partial charge in [0.1, 0.15) is 0 Å². The zero-order valence-corrected chi connectivity index (χ0v) is 26.3. The lowest BCUT2D eigenvalue weighted by Gasteiger charge is -2.42. The molecule has 0 saturated carbocycles. The normalized spacial score (nSPS) is 26.3. The minimum atomic E-state index is -0.707. The first-order valence-electron chi connectivity index (χ1n) is 14.9. The van der Waals surface area contributed by atoms with Crippen molar-refractivity contribution < 1.29 is 38.5 Å². The van der Waals surface area contributed by atoms with Gasteiger partial charge in [-0.15, -0.1) is 0 Å².